The highest BCUT2D eigenvalue weighted by atomic mass is 32.2. The van der Waals surface area contributed by atoms with E-state index in [1.165, 1.54) is 18.2 Å². The molecule has 0 saturated carbocycles. The summed E-state index contributed by atoms with van der Waals surface area (Å²) in [6, 6.07) is 13.7. The SMILES string of the molecule is COc1ccc(N2CCN(C(=O)CN(Cc3ccccc3F)S(C)(=O)=O)CC2)cc1. The molecule has 0 unspecified atom stereocenters. The van der Waals surface area contributed by atoms with Crippen molar-refractivity contribution >= 4 is 21.6 Å². The summed E-state index contributed by atoms with van der Waals surface area (Å²) in [6.45, 7) is 1.78. The fourth-order valence-corrected chi connectivity index (χ4v) is 4.08. The third kappa shape index (κ3) is 5.48. The van der Waals surface area contributed by atoms with Crippen LogP contribution in [0.15, 0.2) is 48.5 Å². The number of ether oxygens (including phenoxy) is 1. The van der Waals surface area contributed by atoms with Crippen LogP contribution in [0.25, 0.3) is 0 Å². The van der Waals surface area contributed by atoms with Crippen LogP contribution in [0.1, 0.15) is 5.56 Å². The van der Waals surface area contributed by atoms with E-state index in [1.54, 1.807) is 18.1 Å². The number of carbonyl (C=O) groups is 1. The molecule has 162 valence electrons. The molecule has 1 heterocycles. The van der Waals surface area contributed by atoms with Gasteiger partial charge in [-0.3, -0.25) is 4.79 Å². The van der Waals surface area contributed by atoms with Crippen molar-refractivity contribution < 1.29 is 22.3 Å². The molecule has 0 atom stereocenters. The van der Waals surface area contributed by atoms with Crippen molar-refractivity contribution in [2.75, 3.05) is 51.0 Å². The van der Waals surface area contributed by atoms with Crippen molar-refractivity contribution in [3.63, 3.8) is 0 Å². The Balaban J connectivity index is 1.60. The van der Waals surface area contributed by atoms with Gasteiger partial charge in [0, 0.05) is 44.0 Å². The predicted molar refractivity (Wildman–Crippen MR) is 113 cm³/mol. The molecule has 0 aromatic heterocycles. The van der Waals surface area contributed by atoms with Gasteiger partial charge in [0.1, 0.15) is 11.6 Å². The second-order valence-electron chi connectivity index (χ2n) is 7.19. The number of anilines is 1. The van der Waals surface area contributed by atoms with Gasteiger partial charge >= 0.3 is 0 Å². The van der Waals surface area contributed by atoms with Gasteiger partial charge in [0.25, 0.3) is 0 Å². The molecule has 1 saturated heterocycles. The number of methoxy groups -OCH3 is 1. The van der Waals surface area contributed by atoms with Crippen molar-refractivity contribution in [1.29, 1.82) is 0 Å². The first kappa shape index (κ1) is 22.0. The minimum Gasteiger partial charge on any atom is -0.497 e. The molecule has 9 heteroatoms. The molecule has 3 rings (SSSR count). The lowest BCUT2D eigenvalue weighted by Gasteiger charge is -2.37. The summed E-state index contributed by atoms with van der Waals surface area (Å²) in [6.07, 6.45) is 1.03. The number of halogens is 1. The zero-order chi connectivity index (χ0) is 21.7. The summed E-state index contributed by atoms with van der Waals surface area (Å²) in [4.78, 5) is 16.6. The predicted octanol–water partition coefficient (Wildman–Crippen LogP) is 1.94. The Morgan fingerprint density at radius 2 is 1.70 bits per heavy atom. The van der Waals surface area contributed by atoms with Crippen molar-refractivity contribution in [3.8, 4) is 5.75 Å². The second-order valence-corrected chi connectivity index (χ2v) is 9.17. The Labute approximate surface area is 176 Å². The highest BCUT2D eigenvalue weighted by Crippen LogP contribution is 2.21. The van der Waals surface area contributed by atoms with Crippen LogP contribution in [-0.2, 0) is 21.4 Å². The van der Waals surface area contributed by atoms with Crippen LogP contribution in [0.5, 0.6) is 5.75 Å². The van der Waals surface area contributed by atoms with Crippen LogP contribution >= 0.6 is 0 Å². The van der Waals surface area contributed by atoms with Crippen LogP contribution in [-0.4, -0.2) is 69.6 Å². The largest absolute Gasteiger partial charge is 0.497 e. The van der Waals surface area contributed by atoms with Crippen LogP contribution in [0.2, 0.25) is 0 Å². The zero-order valence-electron chi connectivity index (χ0n) is 17.1. The number of piperazine rings is 1. The van der Waals surface area contributed by atoms with Gasteiger partial charge in [-0.05, 0) is 30.3 Å². The van der Waals surface area contributed by atoms with Gasteiger partial charge in [0.15, 0.2) is 0 Å². The van der Waals surface area contributed by atoms with Crippen LogP contribution < -0.4 is 9.64 Å². The fourth-order valence-electron chi connectivity index (χ4n) is 3.36. The first-order valence-electron chi connectivity index (χ1n) is 9.63. The number of nitrogens with zero attached hydrogens (tertiary/aromatic N) is 3. The number of carbonyl (C=O) groups excluding carboxylic acids is 1. The molecule has 7 nitrogen and oxygen atoms in total. The van der Waals surface area contributed by atoms with E-state index in [2.05, 4.69) is 4.90 Å². The standard InChI is InChI=1S/C21H26FN3O4S/c1-29-19-9-7-18(8-10-19)23-11-13-24(14-12-23)21(26)16-25(30(2,27)28)15-17-5-3-4-6-20(17)22/h3-10H,11-16H2,1-2H3. The molecule has 0 N–H and O–H groups in total. The van der Waals surface area contributed by atoms with Gasteiger partial charge < -0.3 is 14.5 Å². The number of sulfonamides is 1. The van der Waals surface area contributed by atoms with Gasteiger partial charge in [-0.1, -0.05) is 18.2 Å². The summed E-state index contributed by atoms with van der Waals surface area (Å²) >= 11 is 0. The van der Waals surface area contributed by atoms with E-state index in [4.69, 9.17) is 4.74 Å². The highest BCUT2D eigenvalue weighted by Gasteiger charge is 2.27. The molecule has 1 aliphatic rings. The molecule has 1 fully saturated rings. The Morgan fingerprint density at radius 3 is 2.27 bits per heavy atom. The Bertz CT molecular complexity index is 974. The topological polar surface area (TPSA) is 70.2 Å². The summed E-state index contributed by atoms with van der Waals surface area (Å²) in [7, 11) is -2.06. The van der Waals surface area contributed by atoms with E-state index in [0.717, 1.165) is 22.0 Å². The van der Waals surface area contributed by atoms with Gasteiger partial charge in [-0.2, -0.15) is 4.31 Å². The molecule has 2 aromatic rings. The van der Waals surface area contributed by atoms with E-state index in [-0.39, 0.29) is 24.6 Å². The fraction of sp³-hybridized carbons (Fsp3) is 0.381. The molecule has 0 radical (unpaired) electrons. The Hall–Kier alpha value is -2.65. The first-order chi connectivity index (χ1) is 14.3. The van der Waals surface area contributed by atoms with E-state index >= 15 is 0 Å². The second kappa shape index (κ2) is 9.44. The molecular weight excluding hydrogens is 409 g/mol. The Morgan fingerprint density at radius 1 is 1.07 bits per heavy atom. The monoisotopic (exact) mass is 435 g/mol. The average molecular weight is 436 g/mol. The normalized spacial score (nSPS) is 14.8. The third-order valence-electron chi connectivity index (χ3n) is 5.16. The van der Waals surface area contributed by atoms with Crippen molar-refractivity contribution in [2.45, 2.75) is 6.54 Å². The molecule has 1 aliphatic heterocycles. The molecule has 0 bridgehead atoms. The number of benzene rings is 2. The minimum absolute atomic E-state index is 0.178. The molecule has 0 spiro atoms. The van der Waals surface area contributed by atoms with Crippen LogP contribution in [0, 0.1) is 5.82 Å². The summed E-state index contributed by atoms with van der Waals surface area (Å²) in [5, 5.41) is 0. The molecule has 0 aliphatic carbocycles. The molecule has 2 aromatic carbocycles. The smallest absolute Gasteiger partial charge is 0.238 e. The lowest BCUT2D eigenvalue weighted by molar-refractivity contribution is -0.131. The van der Waals surface area contributed by atoms with Gasteiger partial charge in [-0.15, -0.1) is 0 Å². The maximum absolute atomic E-state index is 14.0. The maximum Gasteiger partial charge on any atom is 0.238 e. The lowest BCUT2D eigenvalue weighted by atomic mass is 10.2. The number of amides is 1. The lowest BCUT2D eigenvalue weighted by Crippen LogP contribution is -2.51. The summed E-state index contributed by atoms with van der Waals surface area (Å²) < 4.78 is 44.5. The van der Waals surface area contributed by atoms with Crippen LogP contribution in [0.3, 0.4) is 0 Å². The number of hydrogen-bond donors (Lipinski definition) is 0. The van der Waals surface area contributed by atoms with Crippen molar-refractivity contribution in [2.24, 2.45) is 0 Å². The van der Waals surface area contributed by atoms with Gasteiger partial charge in [0.05, 0.1) is 19.9 Å². The molecule has 30 heavy (non-hydrogen) atoms. The number of hydrogen-bond acceptors (Lipinski definition) is 5. The van der Waals surface area contributed by atoms with Crippen LogP contribution in [0.4, 0.5) is 10.1 Å². The third-order valence-corrected chi connectivity index (χ3v) is 6.35. The molecular formula is C21H26FN3O4S. The number of rotatable bonds is 7. The van der Waals surface area contributed by atoms with Gasteiger partial charge in [-0.25, -0.2) is 12.8 Å². The zero-order valence-corrected chi connectivity index (χ0v) is 17.9. The quantitative estimate of drug-likeness (QED) is 0.665. The van der Waals surface area contributed by atoms with Crippen molar-refractivity contribution in [1.82, 2.24) is 9.21 Å². The van der Waals surface area contributed by atoms with E-state index in [0.29, 0.717) is 26.2 Å². The minimum atomic E-state index is -3.68. The maximum atomic E-state index is 14.0. The first-order valence-corrected chi connectivity index (χ1v) is 11.5. The van der Waals surface area contributed by atoms with Crippen molar-refractivity contribution in [3.05, 3.63) is 59.9 Å². The van der Waals surface area contributed by atoms with Gasteiger partial charge in [0.2, 0.25) is 15.9 Å². The Kier molecular flexibility index (Phi) is 6.94. The average Bonchev–Trinajstić information content (AvgIpc) is 2.74. The van der Waals surface area contributed by atoms with E-state index in [1.807, 2.05) is 24.3 Å². The highest BCUT2D eigenvalue weighted by molar-refractivity contribution is 7.88. The van der Waals surface area contributed by atoms with E-state index < -0.39 is 15.8 Å². The summed E-state index contributed by atoms with van der Waals surface area (Å²) in [5.74, 6) is 0.00105. The summed E-state index contributed by atoms with van der Waals surface area (Å²) in [5.41, 5.74) is 1.28. The molecule has 1 amide bonds. The van der Waals surface area contributed by atoms with E-state index in [9.17, 15) is 17.6 Å².